The normalized spacial score (nSPS) is 25.0. The predicted octanol–water partition coefficient (Wildman–Crippen LogP) is 1.45. The molecule has 1 aromatic heterocycles. The van der Waals surface area contributed by atoms with Crippen molar-refractivity contribution in [3.63, 3.8) is 0 Å². The SMILES string of the molecule is C[C@@H]1CN(CCC(=O)N(C)CCc2noc(C3CC3)n2)C[C@H](C)O1. The molecule has 2 atom stereocenters. The second-order valence-electron chi connectivity index (χ2n) is 7.16. The van der Waals surface area contributed by atoms with E-state index in [0.29, 0.717) is 31.1 Å². The van der Waals surface area contributed by atoms with E-state index in [2.05, 4.69) is 28.9 Å². The van der Waals surface area contributed by atoms with Gasteiger partial charge >= 0.3 is 0 Å². The molecular weight excluding hydrogens is 308 g/mol. The Morgan fingerprint density at radius 1 is 1.29 bits per heavy atom. The van der Waals surface area contributed by atoms with Crippen LogP contribution in [0.1, 0.15) is 50.7 Å². The van der Waals surface area contributed by atoms with Crippen LogP contribution in [0.5, 0.6) is 0 Å². The van der Waals surface area contributed by atoms with Crippen LogP contribution in [0.3, 0.4) is 0 Å². The van der Waals surface area contributed by atoms with Crippen molar-refractivity contribution in [3.8, 4) is 0 Å². The van der Waals surface area contributed by atoms with E-state index in [-0.39, 0.29) is 18.1 Å². The van der Waals surface area contributed by atoms with Crippen LogP contribution in [0.15, 0.2) is 4.52 Å². The van der Waals surface area contributed by atoms with Crippen LogP contribution in [-0.4, -0.2) is 71.3 Å². The Morgan fingerprint density at radius 3 is 2.67 bits per heavy atom. The van der Waals surface area contributed by atoms with Crippen molar-refractivity contribution in [2.24, 2.45) is 0 Å². The second-order valence-corrected chi connectivity index (χ2v) is 7.16. The summed E-state index contributed by atoms with van der Waals surface area (Å²) in [6, 6.07) is 0. The first kappa shape index (κ1) is 17.4. The Kier molecular flexibility index (Phi) is 5.50. The highest BCUT2D eigenvalue weighted by Crippen LogP contribution is 2.38. The molecule has 134 valence electrons. The molecule has 0 aromatic carbocycles. The molecule has 0 radical (unpaired) electrons. The highest BCUT2D eigenvalue weighted by atomic mass is 16.5. The van der Waals surface area contributed by atoms with Crippen LogP contribution in [0.25, 0.3) is 0 Å². The lowest BCUT2D eigenvalue weighted by atomic mass is 10.2. The zero-order valence-corrected chi connectivity index (χ0v) is 14.9. The predicted molar refractivity (Wildman–Crippen MR) is 88.7 cm³/mol. The van der Waals surface area contributed by atoms with Gasteiger partial charge in [-0.2, -0.15) is 4.98 Å². The maximum absolute atomic E-state index is 12.3. The number of amides is 1. The van der Waals surface area contributed by atoms with Crippen LogP contribution < -0.4 is 0 Å². The van der Waals surface area contributed by atoms with Gasteiger partial charge in [0.05, 0.1) is 12.2 Å². The summed E-state index contributed by atoms with van der Waals surface area (Å²) >= 11 is 0. The van der Waals surface area contributed by atoms with Gasteiger partial charge in [-0.15, -0.1) is 0 Å². The number of carbonyl (C=O) groups excluding carboxylic acids is 1. The fraction of sp³-hybridized carbons (Fsp3) is 0.824. The van der Waals surface area contributed by atoms with Crippen LogP contribution in [-0.2, 0) is 16.0 Å². The van der Waals surface area contributed by atoms with Gasteiger partial charge < -0.3 is 14.2 Å². The van der Waals surface area contributed by atoms with Crippen molar-refractivity contribution in [3.05, 3.63) is 11.7 Å². The van der Waals surface area contributed by atoms with Crippen molar-refractivity contribution in [2.45, 2.75) is 57.7 Å². The van der Waals surface area contributed by atoms with Crippen LogP contribution >= 0.6 is 0 Å². The molecule has 3 rings (SSSR count). The summed E-state index contributed by atoms with van der Waals surface area (Å²) in [4.78, 5) is 20.8. The van der Waals surface area contributed by atoms with E-state index in [1.165, 1.54) is 0 Å². The minimum absolute atomic E-state index is 0.160. The van der Waals surface area contributed by atoms with E-state index in [1.807, 2.05) is 7.05 Å². The van der Waals surface area contributed by atoms with Gasteiger partial charge in [-0.1, -0.05) is 5.16 Å². The maximum Gasteiger partial charge on any atom is 0.229 e. The molecule has 0 spiro atoms. The lowest BCUT2D eigenvalue weighted by Crippen LogP contribution is -2.46. The Balaban J connectivity index is 1.37. The third-order valence-corrected chi connectivity index (χ3v) is 4.64. The summed E-state index contributed by atoms with van der Waals surface area (Å²) in [5.74, 6) is 2.10. The van der Waals surface area contributed by atoms with Crippen LogP contribution in [0.2, 0.25) is 0 Å². The molecule has 7 nitrogen and oxygen atoms in total. The lowest BCUT2D eigenvalue weighted by molar-refractivity contribution is -0.131. The molecule has 1 aliphatic heterocycles. The number of ether oxygens (including phenoxy) is 1. The first-order chi connectivity index (χ1) is 11.5. The average Bonchev–Trinajstić information content (AvgIpc) is 3.28. The van der Waals surface area contributed by atoms with Gasteiger partial charge in [0.15, 0.2) is 5.82 Å². The van der Waals surface area contributed by atoms with Gasteiger partial charge in [0.25, 0.3) is 0 Å². The molecule has 1 aromatic rings. The van der Waals surface area contributed by atoms with Gasteiger partial charge in [0, 0.05) is 52.0 Å². The number of likely N-dealkylation sites (N-methyl/N-ethyl adjacent to an activating group) is 1. The summed E-state index contributed by atoms with van der Waals surface area (Å²) in [7, 11) is 1.84. The Labute approximate surface area is 143 Å². The molecule has 1 saturated heterocycles. The second kappa shape index (κ2) is 7.61. The van der Waals surface area contributed by atoms with E-state index in [0.717, 1.165) is 38.4 Å². The molecule has 0 unspecified atom stereocenters. The zero-order chi connectivity index (χ0) is 17.1. The van der Waals surface area contributed by atoms with Crippen LogP contribution in [0, 0.1) is 0 Å². The Bertz CT molecular complexity index is 548. The van der Waals surface area contributed by atoms with Crippen molar-refractivity contribution in [1.82, 2.24) is 19.9 Å². The number of aromatic nitrogens is 2. The number of carbonyl (C=O) groups is 1. The number of rotatable bonds is 7. The molecule has 1 amide bonds. The number of hydrogen-bond acceptors (Lipinski definition) is 6. The first-order valence-electron chi connectivity index (χ1n) is 8.95. The standard InChI is InChI=1S/C17H28N4O3/c1-12-10-21(11-13(2)23-12)9-7-16(22)20(3)8-6-15-18-17(24-19-15)14-4-5-14/h12-14H,4-11H2,1-3H3/t12-,13+. The highest BCUT2D eigenvalue weighted by Gasteiger charge is 2.29. The van der Waals surface area contributed by atoms with E-state index in [9.17, 15) is 4.79 Å². The summed E-state index contributed by atoms with van der Waals surface area (Å²) in [6.45, 7) is 7.37. The largest absolute Gasteiger partial charge is 0.373 e. The summed E-state index contributed by atoms with van der Waals surface area (Å²) < 4.78 is 11.0. The molecule has 2 fully saturated rings. The fourth-order valence-corrected chi connectivity index (χ4v) is 3.17. The van der Waals surface area contributed by atoms with Crippen molar-refractivity contribution >= 4 is 5.91 Å². The van der Waals surface area contributed by atoms with Gasteiger partial charge in [0.1, 0.15) is 0 Å². The molecule has 0 bridgehead atoms. The average molecular weight is 336 g/mol. The van der Waals surface area contributed by atoms with E-state index in [1.54, 1.807) is 4.90 Å². The maximum atomic E-state index is 12.3. The van der Waals surface area contributed by atoms with Gasteiger partial charge in [-0.3, -0.25) is 9.69 Å². The minimum Gasteiger partial charge on any atom is -0.373 e. The summed E-state index contributed by atoms with van der Waals surface area (Å²) in [5.41, 5.74) is 0. The minimum atomic E-state index is 0.160. The van der Waals surface area contributed by atoms with E-state index >= 15 is 0 Å². The van der Waals surface area contributed by atoms with E-state index in [4.69, 9.17) is 9.26 Å². The zero-order valence-electron chi connectivity index (χ0n) is 14.9. The highest BCUT2D eigenvalue weighted by molar-refractivity contribution is 5.76. The molecule has 1 aliphatic carbocycles. The van der Waals surface area contributed by atoms with Crippen LogP contribution in [0.4, 0.5) is 0 Å². The van der Waals surface area contributed by atoms with Crippen molar-refractivity contribution < 1.29 is 14.1 Å². The topological polar surface area (TPSA) is 71.7 Å². The van der Waals surface area contributed by atoms with Gasteiger partial charge in [-0.25, -0.2) is 0 Å². The quantitative estimate of drug-likeness (QED) is 0.750. The van der Waals surface area contributed by atoms with Gasteiger partial charge in [0.2, 0.25) is 11.8 Å². The fourth-order valence-electron chi connectivity index (χ4n) is 3.17. The van der Waals surface area contributed by atoms with Crippen molar-refractivity contribution in [2.75, 3.05) is 33.2 Å². The summed E-state index contributed by atoms with van der Waals surface area (Å²) in [6.07, 6.45) is 3.96. The number of morpholine rings is 1. The third-order valence-electron chi connectivity index (χ3n) is 4.64. The van der Waals surface area contributed by atoms with Crippen molar-refractivity contribution in [1.29, 1.82) is 0 Å². The number of nitrogens with zero attached hydrogens (tertiary/aromatic N) is 4. The molecule has 0 N–H and O–H groups in total. The number of hydrogen-bond donors (Lipinski definition) is 0. The molecular formula is C17H28N4O3. The smallest absolute Gasteiger partial charge is 0.229 e. The molecule has 2 aliphatic rings. The molecule has 1 saturated carbocycles. The van der Waals surface area contributed by atoms with E-state index < -0.39 is 0 Å². The first-order valence-corrected chi connectivity index (χ1v) is 8.95. The third kappa shape index (κ3) is 4.77. The molecule has 24 heavy (non-hydrogen) atoms. The van der Waals surface area contributed by atoms with Gasteiger partial charge in [-0.05, 0) is 26.7 Å². The Morgan fingerprint density at radius 2 is 2.00 bits per heavy atom. The summed E-state index contributed by atoms with van der Waals surface area (Å²) in [5, 5.41) is 4.00. The monoisotopic (exact) mass is 336 g/mol. The lowest BCUT2D eigenvalue weighted by Gasteiger charge is -2.35. The molecule has 2 heterocycles. The molecule has 7 heteroatoms. The Hall–Kier alpha value is -1.47.